The molecule has 0 radical (unpaired) electrons. The van der Waals surface area contributed by atoms with Gasteiger partial charge in [0, 0.05) is 36.5 Å². The number of halogens is 1. The number of hydrogen-bond acceptors (Lipinski definition) is 7. The average molecular weight is 430 g/mol. The van der Waals surface area contributed by atoms with Gasteiger partial charge in [0.1, 0.15) is 11.6 Å². The van der Waals surface area contributed by atoms with E-state index in [0.29, 0.717) is 13.2 Å². The average Bonchev–Trinajstić information content (AvgIpc) is 3.31. The zero-order valence-corrected chi connectivity index (χ0v) is 17.3. The second-order valence-corrected chi connectivity index (χ2v) is 7.32. The van der Waals surface area contributed by atoms with Crippen molar-refractivity contribution in [1.82, 2.24) is 24.8 Å². The van der Waals surface area contributed by atoms with Crippen LogP contribution in [0.1, 0.15) is 13.3 Å². The number of β-amino-alcohol motifs (C(OH)–C–C–N with tert-alkyl or cyclic N) is 1. The van der Waals surface area contributed by atoms with E-state index in [1.54, 1.807) is 6.20 Å². The third-order valence-corrected chi connectivity index (χ3v) is 5.43. The van der Waals surface area contributed by atoms with Gasteiger partial charge in [-0.2, -0.15) is 5.10 Å². The Morgan fingerprint density at radius 2 is 2.20 bits per heavy atom. The van der Waals surface area contributed by atoms with Gasteiger partial charge in [0.15, 0.2) is 5.65 Å². The molecule has 0 bridgehead atoms. The lowest BCUT2D eigenvalue weighted by molar-refractivity contribution is 0.131. The summed E-state index contributed by atoms with van der Waals surface area (Å²) in [5.41, 5.74) is 9.51. The van der Waals surface area contributed by atoms with E-state index >= 15 is 0 Å². The van der Waals surface area contributed by atoms with Crippen LogP contribution < -0.4 is 15.4 Å². The van der Waals surface area contributed by atoms with Gasteiger partial charge in [-0.25, -0.2) is 9.50 Å². The van der Waals surface area contributed by atoms with Crippen LogP contribution in [0, 0.1) is 0 Å². The molecule has 10 heteroatoms. The van der Waals surface area contributed by atoms with Crippen molar-refractivity contribution in [2.45, 2.75) is 25.5 Å². The summed E-state index contributed by atoms with van der Waals surface area (Å²) in [6, 6.07) is 5.85. The normalized spacial score (nSPS) is 19.2. The Labute approximate surface area is 179 Å². The topological polar surface area (TPSA) is 118 Å². The molecule has 158 valence electrons. The fourth-order valence-electron chi connectivity index (χ4n) is 3.90. The maximum absolute atomic E-state index is 10.1. The fraction of sp³-hybridized carbons (Fsp3) is 0.350. The number of hydrogen-bond donors (Lipinski definition) is 3. The summed E-state index contributed by atoms with van der Waals surface area (Å²) in [5, 5.41) is 22.6. The summed E-state index contributed by atoms with van der Waals surface area (Å²) >= 11 is 0. The second-order valence-electron chi connectivity index (χ2n) is 7.32. The molecule has 1 fully saturated rings. The molecule has 1 saturated heterocycles. The maximum atomic E-state index is 10.1. The predicted molar refractivity (Wildman–Crippen MR) is 117 cm³/mol. The standard InChI is InChI=1S/C20H23N7O2.ClH/c1-2-29-13-7-14(19-15-9-23-24-20(15)25-27(19)10-13)12-3-4-18(22-8-12)26-6-5-16(21)17(28)11-26;/h3-4,7-10,16-17,28H,2,5-6,11,21H2,1H3,(H,24,25);1H/t16-,17+;/m0./s1. The van der Waals surface area contributed by atoms with Crippen LogP contribution in [-0.2, 0) is 0 Å². The Bertz CT molecular complexity index is 1160. The first-order valence-corrected chi connectivity index (χ1v) is 9.77. The number of aliphatic hydroxyl groups is 1. The Kier molecular flexibility index (Phi) is 5.50. The molecule has 4 aromatic heterocycles. The van der Waals surface area contributed by atoms with Crippen molar-refractivity contribution >= 4 is 34.8 Å². The highest BCUT2D eigenvalue weighted by Crippen LogP contribution is 2.33. The number of ether oxygens (including phenoxy) is 1. The van der Waals surface area contributed by atoms with E-state index in [2.05, 4.69) is 25.2 Å². The van der Waals surface area contributed by atoms with Crippen molar-refractivity contribution in [3.05, 3.63) is 36.8 Å². The number of nitrogens with zero attached hydrogens (tertiary/aromatic N) is 5. The highest BCUT2D eigenvalue weighted by atomic mass is 35.5. The number of nitrogens with two attached hydrogens (primary N) is 1. The summed E-state index contributed by atoms with van der Waals surface area (Å²) in [4.78, 5) is 6.72. The molecule has 0 saturated carbocycles. The van der Waals surface area contributed by atoms with Crippen LogP contribution in [0.5, 0.6) is 5.75 Å². The largest absolute Gasteiger partial charge is 0.492 e. The van der Waals surface area contributed by atoms with Crippen molar-refractivity contribution in [1.29, 1.82) is 0 Å². The fourth-order valence-corrected chi connectivity index (χ4v) is 3.90. The van der Waals surface area contributed by atoms with Gasteiger partial charge < -0.3 is 20.5 Å². The van der Waals surface area contributed by atoms with Crippen LogP contribution >= 0.6 is 12.4 Å². The minimum Gasteiger partial charge on any atom is -0.492 e. The maximum Gasteiger partial charge on any atom is 0.178 e. The number of fused-ring (bicyclic) bond motifs is 3. The third-order valence-electron chi connectivity index (χ3n) is 5.43. The first-order chi connectivity index (χ1) is 14.1. The molecule has 5 heterocycles. The quantitative estimate of drug-likeness (QED) is 0.454. The third kappa shape index (κ3) is 3.45. The van der Waals surface area contributed by atoms with E-state index < -0.39 is 6.10 Å². The summed E-state index contributed by atoms with van der Waals surface area (Å²) in [7, 11) is 0. The number of pyridine rings is 2. The molecule has 1 aliphatic rings. The first-order valence-electron chi connectivity index (χ1n) is 9.77. The Morgan fingerprint density at radius 1 is 1.33 bits per heavy atom. The van der Waals surface area contributed by atoms with E-state index in [1.165, 1.54) is 0 Å². The van der Waals surface area contributed by atoms with Crippen molar-refractivity contribution in [2.75, 3.05) is 24.6 Å². The SMILES string of the molecule is CCOc1cc(-c2ccc(N3CC[C@H](N)[C@H](O)C3)nc2)c2c3cn[nH]c3nn2c1.Cl. The molecule has 0 spiro atoms. The lowest BCUT2D eigenvalue weighted by atomic mass is 10.0. The number of anilines is 1. The van der Waals surface area contributed by atoms with Crippen LogP contribution in [0.2, 0.25) is 0 Å². The van der Waals surface area contributed by atoms with Crippen LogP contribution in [0.3, 0.4) is 0 Å². The molecular weight excluding hydrogens is 406 g/mol. The summed E-state index contributed by atoms with van der Waals surface area (Å²) in [6.45, 7) is 3.81. The van der Waals surface area contributed by atoms with E-state index in [0.717, 1.165) is 52.2 Å². The summed E-state index contributed by atoms with van der Waals surface area (Å²) < 4.78 is 7.55. The monoisotopic (exact) mass is 429 g/mol. The predicted octanol–water partition coefficient (Wildman–Crippen LogP) is 1.99. The zero-order chi connectivity index (χ0) is 20.0. The number of nitrogens with one attached hydrogen (secondary N) is 1. The number of piperidine rings is 1. The van der Waals surface area contributed by atoms with Crippen molar-refractivity contribution in [2.24, 2.45) is 5.73 Å². The highest BCUT2D eigenvalue weighted by molar-refractivity contribution is 6.00. The Hall–Kier alpha value is -2.88. The van der Waals surface area contributed by atoms with Gasteiger partial charge >= 0.3 is 0 Å². The molecule has 9 nitrogen and oxygen atoms in total. The molecule has 0 aromatic carbocycles. The Balaban J connectivity index is 0.00000218. The van der Waals surface area contributed by atoms with Crippen molar-refractivity contribution in [3.8, 4) is 16.9 Å². The zero-order valence-electron chi connectivity index (χ0n) is 16.5. The molecule has 4 aromatic rings. The highest BCUT2D eigenvalue weighted by Gasteiger charge is 2.25. The van der Waals surface area contributed by atoms with E-state index in [1.807, 2.05) is 42.0 Å². The lowest BCUT2D eigenvalue weighted by Crippen LogP contribution is -2.50. The number of aliphatic hydroxyl groups excluding tert-OH is 1. The lowest BCUT2D eigenvalue weighted by Gasteiger charge is -2.34. The Morgan fingerprint density at radius 3 is 2.93 bits per heavy atom. The van der Waals surface area contributed by atoms with E-state index in [-0.39, 0.29) is 18.4 Å². The minimum atomic E-state index is -0.533. The summed E-state index contributed by atoms with van der Waals surface area (Å²) in [6.07, 6.45) is 5.71. The minimum absolute atomic E-state index is 0. The molecule has 0 amide bonds. The molecule has 30 heavy (non-hydrogen) atoms. The van der Waals surface area contributed by atoms with Gasteiger partial charge in [0.05, 0.1) is 36.0 Å². The summed E-state index contributed by atoms with van der Waals surface area (Å²) in [5.74, 6) is 1.57. The number of aromatic amines is 1. The van der Waals surface area contributed by atoms with Gasteiger partial charge in [0.25, 0.3) is 0 Å². The van der Waals surface area contributed by atoms with Gasteiger partial charge in [0.2, 0.25) is 0 Å². The molecule has 1 aliphatic heterocycles. The van der Waals surface area contributed by atoms with Crippen molar-refractivity contribution < 1.29 is 9.84 Å². The van der Waals surface area contributed by atoms with E-state index in [4.69, 9.17) is 10.5 Å². The second kappa shape index (κ2) is 8.10. The van der Waals surface area contributed by atoms with Crippen LogP contribution in [0.4, 0.5) is 5.82 Å². The molecular formula is C20H24ClN7O2. The molecule has 0 aliphatic carbocycles. The van der Waals surface area contributed by atoms with Gasteiger partial charge in [-0.05, 0) is 31.5 Å². The van der Waals surface area contributed by atoms with Gasteiger partial charge in [-0.15, -0.1) is 17.5 Å². The number of aromatic nitrogens is 5. The number of H-pyrrole nitrogens is 1. The van der Waals surface area contributed by atoms with Crippen molar-refractivity contribution in [3.63, 3.8) is 0 Å². The molecule has 0 unspecified atom stereocenters. The number of rotatable bonds is 4. The first kappa shape index (κ1) is 20.4. The smallest absolute Gasteiger partial charge is 0.178 e. The van der Waals surface area contributed by atoms with Crippen LogP contribution in [-0.4, -0.2) is 61.7 Å². The van der Waals surface area contributed by atoms with E-state index in [9.17, 15) is 5.11 Å². The molecule has 2 atom stereocenters. The van der Waals surface area contributed by atoms with Crippen LogP contribution in [0.25, 0.3) is 27.7 Å². The molecule has 5 rings (SSSR count). The van der Waals surface area contributed by atoms with Crippen LogP contribution in [0.15, 0.2) is 36.8 Å². The van der Waals surface area contributed by atoms with Gasteiger partial charge in [-0.3, -0.25) is 5.10 Å². The van der Waals surface area contributed by atoms with Gasteiger partial charge in [-0.1, -0.05) is 0 Å². The molecule has 4 N–H and O–H groups in total.